The van der Waals surface area contributed by atoms with Crippen molar-refractivity contribution in [2.24, 2.45) is 0 Å². The molecule has 0 N–H and O–H groups in total. The van der Waals surface area contributed by atoms with Crippen molar-refractivity contribution < 1.29 is 9.78 Å². The van der Waals surface area contributed by atoms with Gasteiger partial charge >= 0.3 is 0 Å². The van der Waals surface area contributed by atoms with Gasteiger partial charge in [-0.25, -0.2) is 0 Å². The summed E-state index contributed by atoms with van der Waals surface area (Å²) in [5.41, 5.74) is 2.73. The van der Waals surface area contributed by atoms with Gasteiger partial charge in [-0.15, -0.1) is 0 Å². The van der Waals surface area contributed by atoms with Crippen LogP contribution in [0, 0.1) is 0 Å². The smallest absolute Gasteiger partial charge is 0.129 e. The molecule has 0 bridgehead atoms. The van der Waals surface area contributed by atoms with Crippen LogP contribution in [0.1, 0.15) is 32.1 Å². The first-order chi connectivity index (χ1) is 9.97. The molecular formula is C18H22O2. The summed E-state index contributed by atoms with van der Waals surface area (Å²) in [6, 6.07) is 0. The summed E-state index contributed by atoms with van der Waals surface area (Å²) in [4.78, 5) is 10.0. The van der Waals surface area contributed by atoms with Gasteiger partial charge in [-0.1, -0.05) is 48.6 Å². The maximum absolute atomic E-state index is 5.11. The summed E-state index contributed by atoms with van der Waals surface area (Å²) in [6.45, 7) is 0.574. The third-order valence-corrected chi connectivity index (χ3v) is 3.31. The predicted molar refractivity (Wildman–Crippen MR) is 82.8 cm³/mol. The number of allylic oxidation sites excluding steroid dienone is 10. The molecule has 1 heterocycles. The molecule has 0 saturated carbocycles. The molecule has 0 aromatic heterocycles. The molecule has 1 aliphatic carbocycles. The van der Waals surface area contributed by atoms with Gasteiger partial charge in [0, 0.05) is 6.42 Å². The van der Waals surface area contributed by atoms with Crippen molar-refractivity contribution in [3.8, 4) is 0 Å². The van der Waals surface area contributed by atoms with Crippen LogP contribution in [0.2, 0.25) is 0 Å². The number of hydrogen-bond acceptors (Lipinski definition) is 2. The standard InChI is InChI=1S/C18H22O2/c1-2-4-7-11-17(12-8-5-3-1)18-13-9-6-10-15-19-20-16-14-18/h1-2,4,6-7,9-11,13,15H,3,5,8,12,14,16H2/b2-1-,7-4+,9-6+,15-10-,17-11-,18-13+. The third-order valence-electron chi connectivity index (χ3n) is 3.31. The van der Waals surface area contributed by atoms with E-state index in [4.69, 9.17) is 9.78 Å². The van der Waals surface area contributed by atoms with Gasteiger partial charge in [0.25, 0.3) is 0 Å². The van der Waals surface area contributed by atoms with Gasteiger partial charge < -0.3 is 4.89 Å². The van der Waals surface area contributed by atoms with Crippen molar-refractivity contribution in [3.63, 3.8) is 0 Å². The summed E-state index contributed by atoms with van der Waals surface area (Å²) in [6.07, 6.45) is 26.0. The molecule has 0 spiro atoms. The monoisotopic (exact) mass is 270 g/mol. The highest BCUT2D eigenvalue weighted by Crippen LogP contribution is 2.22. The number of rotatable bonds is 1. The van der Waals surface area contributed by atoms with Crippen LogP contribution in [0.5, 0.6) is 0 Å². The second-order valence-electron chi connectivity index (χ2n) is 4.82. The summed E-state index contributed by atoms with van der Waals surface area (Å²) in [5, 5.41) is 0. The van der Waals surface area contributed by atoms with Crippen molar-refractivity contribution in [2.75, 3.05) is 6.61 Å². The Bertz CT molecular complexity index is 418. The van der Waals surface area contributed by atoms with E-state index in [0.717, 1.165) is 19.3 Å². The van der Waals surface area contributed by atoms with E-state index in [-0.39, 0.29) is 0 Å². The highest BCUT2D eigenvalue weighted by molar-refractivity contribution is 5.37. The van der Waals surface area contributed by atoms with E-state index < -0.39 is 0 Å². The van der Waals surface area contributed by atoms with E-state index in [0.29, 0.717) is 6.61 Å². The van der Waals surface area contributed by atoms with Gasteiger partial charge in [0.1, 0.15) is 6.26 Å². The highest BCUT2D eigenvalue weighted by Gasteiger charge is 2.05. The largest absolute Gasteiger partial charge is 0.345 e. The summed E-state index contributed by atoms with van der Waals surface area (Å²) in [5.74, 6) is 0. The Labute approximate surface area is 121 Å². The normalized spacial score (nSPS) is 32.4. The molecule has 2 heteroatoms. The van der Waals surface area contributed by atoms with Crippen LogP contribution in [0.3, 0.4) is 0 Å². The molecule has 0 atom stereocenters. The fourth-order valence-electron chi connectivity index (χ4n) is 2.24. The molecule has 1 aliphatic heterocycles. The Morgan fingerprint density at radius 3 is 2.45 bits per heavy atom. The van der Waals surface area contributed by atoms with Gasteiger partial charge in [0.15, 0.2) is 0 Å². The van der Waals surface area contributed by atoms with E-state index in [1.807, 2.05) is 12.2 Å². The van der Waals surface area contributed by atoms with Gasteiger partial charge in [0.05, 0.1) is 6.61 Å². The summed E-state index contributed by atoms with van der Waals surface area (Å²) >= 11 is 0. The molecule has 0 radical (unpaired) electrons. The van der Waals surface area contributed by atoms with Crippen LogP contribution in [-0.4, -0.2) is 6.61 Å². The van der Waals surface area contributed by atoms with Gasteiger partial charge in [-0.2, -0.15) is 4.89 Å². The zero-order valence-corrected chi connectivity index (χ0v) is 11.8. The van der Waals surface area contributed by atoms with Crippen molar-refractivity contribution >= 4 is 0 Å². The van der Waals surface area contributed by atoms with E-state index in [9.17, 15) is 0 Å². The molecule has 0 saturated heterocycles. The van der Waals surface area contributed by atoms with Crippen LogP contribution >= 0.6 is 0 Å². The number of hydrogen-bond donors (Lipinski definition) is 0. The molecule has 0 fully saturated rings. The Hall–Kier alpha value is -1.80. The van der Waals surface area contributed by atoms with E-state index in [1.54, 1.807) is 6.26 Å². The zero-order chi connectivity index (χ0) is 13.9. The summed E-state index contributed by atoms with van der Waals surface area (Å²) in [7, 11) is 0. The SMILES string of the molecule is C1=C\CCCCC(/C2=C/C=C/C=C\OOCC2)=C/C=C/1. The topological polar surface area (TPSA) is 18.5 Å². The Balaban J connectivity index is 2.15. The first-order valence-electron chi connectivity index (χ1n) is 7.30. The molecular weight excluding hydrogens is 248 g/mol. The second-order valence-corrected chi connectivity index (χ2v) is 4.82. The van der Waals surface area contributed by atoms with Crippen LogP contribution in [-0.2, 0) is 9.78 Å². The lowest BCUT2D eigenvalue weighted by Gasteiger charge is -2.12. The highest BCUT2D eigenvalue weighted by atomic mass is 17.2. The van der Waals surface area contributed by atoms with Gasteiger partial charge in [-0.3, -0.25) is 0 Å². The molecule has 2 rings (SSSR count). The molecule has 20 heavy (non-hydrogen) atoms. The molecule has 0 unspecified atom stereocenters. The Morgan fingerprint density at radius 2 is 1.55 bits per heavy atom. The molecule has 0 aromatic carbocycles. The molecule has 2 nitrogen and oxygen atoms in total. The maximum atomic E-state index is 5.11. The van der Waals surface area contributed by atoms with Crippen molar-refractivity contribution in [2.45, 2.75) is 32.1 Å². The Morgan fingerprint density at radius 1 is 0.750 bits per heavy atom. The quantitative estimate of drug-likeness (QED) is 0.628. The van der Waals surface area contributed by atoms with Gasteiger partial charge in [-0.05, 0) is 42.9 Å². The van der Waals surface area contributed by atoms with Crippen molar-refractivity contribution in [1.29, 1.82) is 0 Å². The van der Waals surface area contributed by atoms with Crippen LogP contribution < -0.4 is 0 Å². The van der Waals surface area contributed by atoms with E-state index in [2.05, 4.69) is 42.5 Å². The maximum Gasteiger partial charge on any atom is 0.129 e. The average molecular weight is 270 g/mol. The van der Waals surface area contributed by atoms with Gasteiger partial charge in [0.2, 0.25) is 0 Å². The fraction of sp³-hybridized carbons (Fsp3) is 0.333. The molecule has 0 amide bonds. The minimum Gasteiger partial charge on any atom is -0.345 e. The Kier molecular flexibility index (Phi) is 6.69. The molecule has 0 aromatic rings. The van der Waals surface area contributed by atoms with Crippen LogP contribution in [0.25, 0.3) is 0 Å². The first-order valence-corrected chi connectivity index (χ1v) is 7.30. The lowest BCUT2D eigenvalue weighted by Crippen LogP contribution is -1.99. The lowest BCUT2D eigenvalue weighted by atomic mass is 9.95. The second kappa shape index (κ2) is 9.16. The first kappa shape index (κ1) is 14.6. The third kappa shape index (κ3) is 5.45. The van der Waals surface area contributed by atoms with Crippen LogP contribution in [0.4, 0.5) is 0 Å². The van der Waals surface area contributed by atoms with E-state index >= 15 is 0 Å². The van der Waals surface area contributed by atoms with Crippen LogP contribution in [0.15, 0.2) is 72.1 Å². The fourth-order valence-corrected chi connectivity index (χ4v) is 2.24. The molecule has 106 valence electrons. The van der Waals surface area contributed by atoms with Crippen molar-refractivity contribution in [1.82, 2.24) is 0 Å². The molecule has 2 aliphatic rings. The lowest BCUT2D eigenvalue weighted by molar-refractivity contribution is -0.247. The summed E-state index contributed by atoms with van der Waals surface area (Å²) < 4.78 is 0. The minimum absolute atomic E-state index is 0.574. The predicted octanol–water partition coefficient (Wildman–Crippen LogP) is 4.95. The van der Waals surface area contributed by atoms with Crippen molar-refractivity contribution in [3.05, 3.63) is 72.1 Å². The van der Waals surface area contributed by atoms with E-state index in [1.165, 1.54) is 24.0 Å². The average Bonchev–Trinajstić information content (AvgIpc) is 2.50. The zero-order valence-electron chi connectivity index (χ0n) is 11.8. The minimum atomic E-state index is 0.574.